The maximum atomic E-state index is 10.3. The summed E-state index contributed by atoms with van der Waals surface area (Å²) in [5, 5.41) is 2.85. The molecule has 0 radical (unpaired) electrons. The van der Waals surface area contributed by atoms with Crippen molar-refractivity contribution in [2.75, 3.05) is 0 Å². The van der Waals surface area contributed by atoms with E-state index < -0.39 is 0 Å². The van der Waals surface area contributed by atoms with Crippen molar-refractivity contribution in [2.24, 2.45) is 5.73 Å². The number of carbonyl (C=O) groups is 1. The summed E-state index contributed by atoms with van der Waals surface area (Å²) in [6.45, 7) is 3.88. The van der Waals surface area contributed by atoms with E-state index in [4.69, 9.17) is 5.73 Å². The van der Waals surface area contributed by atoms with Crippen molar-refractivity contribution in [3.05, 3.63) is 11.9 Å². The number of hydrogen-bond acceptors (Lipinski definition) is 3. The number of nitrogens with one attached hydrogen (secondary N) is 1. The molecule has 0 saturated carbocycles. The van der Waals surface area contributed by atoms with E-state index in [0.29, 0.717) is 5.82 Å². The summed E-state index contributed by atoms with van der Waals surface area (Å²) < 4.78 is 0. The fourth-order valence-corrected chi connectivity index (χ4v) is 0.548. The highest BCUT2D eigenvalue weighted by atomic mass is 16.1. The topological polar surface area (TPSA) is 82.8 Å². The van der Waals surface area contributed by atoms with Crippen molar-refractivity contribution >= 4 is 5.91 Å². The normalized spacial score (nSPS) is 11.8. The monoisotopic (exact) mass is 144 g/mol. The number of rotatable bonds is 3. The number of quaternary nitrogens is 1. The zero-order valence-electron chi connectivity index (χ0n) is 6.35. The van der Waals surface area contributed by atoms with Crippen LogP contribution >= 0.6 is 0 Å². The van der Waals surface area contributed by atoms with E-state index in [1.54, 1.807) is 0 Å². The van der Waals surface area contributed by atoms with E-state index in [1.165, 1.54) is 6.08 Å². The van der Waals surface area contributed by atoms with Crippen LogP contribution in [0.4, 0.5) is 0 Å². The summed E-state index contributed by atoms with van der Waals surface area (Å²) in [7, 11) is 0. The minimum Gasteiger partial charge on any atom is -0.385 e. The molecule has 0 atom stereocenters. The maximum Gasteiger partial charge on any atom is 0.337 e. The lowest BCUT2D eigenvalue weighted by Gasteiger charge is -2.07. The highest BCUT2D eigenvalue weighted by Gasteiger charge is 1.96. The van der Waals surface area contributed by atoms with Gasteiger partial charge in [-0.15, -0.1) is 0 Å². The van der Waals surface area contributed by atoms with Gasteiger partial charge in [-0.05, 0) is 13.8 Å². The Morgan fingerprint density at radius 1 is 1.70 bits per heavy atom. The molecule has 0 bridgehead atoms. The number of carbonyl (C=O) groups excluding carboxylic acids is 1. The van der Waals surface area contributed by atoms with Crippen LogP contribution in [0.3, 0.4) is 0 Å². The first kappa shape index (κ1) is 8.97. The smallest absolute Gasteiger partial charge is 0.337 e. The first-order valence-electron chi connectivity index (χ1n) is 3.12. The van der Waals surface area contributed by atoms with Crippen LogP contribution in [0.15, 0.2) is 11.9 Å². The van der Waals surface area contributed by atoms with Gasteiger partial charge in [0.25, 0.3) is 0 Å². The molecule has 0 heterocycles. The summed E-state index contributed by atoms with van der Waals surface area (Å²) >= 11 is 0. The van der Waals surface area contributed by atoms with Crippen LogP contribution < -0.4 is 16.8 Å². The van der Waals surface area contributed by atoms with Gasteiger partial charge in [0.1, 0.15) is 5.82 Å². The molecule has 4 nitrogen and oxygen atoms in total. The Bertz CT molecular complexity index is 151. The van der Waals surface area contributed by atoms with Crippen molar-refractivity contribution in [2.45, 2.75) is 19.9 Å². The lowest BCUT2D eigenvalue weighted by Crippen LogP contribution is -2.56. The highest BCUT2D eigenvalue weighted by Crippen LogP contribution is 1.81. The predicted molar refractivity (Wildman–Crippen MR) is 38.4 cm³/mol. The third kappa shape index (κ3) is 5.11. The van der Waals surface area contributed by atoms with Crippen LogP contribution in [0.1, 0.15) is 13.8 Å². The van der Waals surface area contributed by atoms with E-state index in [-0.39, 0.29) is 11.9 Å². The van der Waals surface area contributed by atoms with Crippen molar-refractivity contribution in [3.63, 3.8) is 0 Å². The Hall–Kier alpha value is -1.03. The fraction of sp³-hybridized carbons (Fsp3) is 0.500. The van der Waals surface area contributed by atoms with E-state index >= 15 is 0 Å². The molecule has 0 aromatic rings. The van der Waals surface area contributed by atoms with Gasteiger partial charge in [0, 0.05) is 6.04 Å². The van der Waals surface area contributed by atoms with Gasteiger partial charge >= 0.3 is 5.91 Å². The predicted octanol–water partition coefficient (Wildman–Crippen LogP) is -1.45. The molecule has 0 aromatic carbocycles. The Morgan fingerprint density at radius 3 is 2.50 bits per heavy atom. The second kappa shape index (κ2) is 3.90. The van der Waals surface area contributed by atoms with Crippen LogP contribution in [0.5, 0.6) is 0 Å². The molecular weight excluding hydrogens is 130 g/mol. The molecule has 0 unspecified atom stereocenters. The molecule has 10 heavy (non-hydrogen) atoms. The van der Waals surface area contributed by atoms with Crippen LogP contribution in [0.2, 0.25) is 0 Å². The Kier molecular flexibility index (Phi) is 3.49. The molecule has 0 aromatic heterocycles. The average Bonchev–Trinajstić information content (AvgIpc) is 1.58. The van der Waals surface area contributed by atoms with Crippen LogP contribution in [-0.4, -0.2) is 11.9 Å². The molecule has 0 aliphatic rings. The molecule has 0 aliphatic heterocycles. The van der Waals surface area contributed by atoms with E-state index in [1.807, 2.05) is 13.8 Å². The largest absolute Gasteiger partial charge is 0.385 e. The van der Waals surface area contributed by atoms with Crippen LogP contribution in [-0.2, 0) is 4.79 Å². The van der Waals surface area contributed by atoms with Gasteiger partial charge in [-0.1, -0.05) is 0 Å². The summed E-state index contributed by atoms with van der Waals surface area (Å²) in [5.41, 5.74) is 8.52. The minimum atomic E-state index is -0.286. The van der Waals surface area contributed by atoms with E-state index in [2.05, 4.69) is 11.1 Å². The van der Waals surface area contributed by atoms with E-state index in [0.717, 1.165) is 0 Å². The third-order valence-electron chi connectivity index (χ3n) is 0.772. The maximum absolute atomic E-state index is 10.3. The lowest BCUT2D eigenvalue weighted by molar-refractivity contribution is -0.297. The van der Waals surface area contributed by atoms with Gasteiger partial charge in [0.05, 0.1) is 6.08 Å². The molecular formula is C6H14N3O+. The van der Waals surface area contributed by atoms with Crippen molar-refractivity contribution in [3.8, 4) is 0 Å². The molecule has 0 aliphatic carbocycles. The molecule has 6 N–H and O–H groups in total. The highest BCUT2D eigenvalue weighted by molar-refractivity contribution is 5.78. The zero-order valence-corrected chi connectivity index (χ0v) is 6.35. The zero-order chi connectivity index (χ0) is 8.15. The first-order valence-corrected chi connectivity index (χ1v) is 3.12. The van der Waals surface area contributed by atoms with E-state index in [9.17, 15) is 4.79 Å². The molecule has 0 spiro atoms. The van der Waals surface area contributed by atoms with Crippen molar-refractivity contribution in [1.82, 2.24) is 5.32 Å². The quantitative estimate of drug-likeness (QED) is 0.424. The lowest BCUT2D eigenvalue weighted by atomic mass is 10.4. The van der Waals surface area contributed by atoms with Gasteiger partial charge in [-0.3, -0.25) is 5.73 Å². The second-order valence-corrected chi connectivity index (χ2v) is 2.37. The molecule has 0 rings (SSSR count). The second-order valence-electron chi connectivity index (χ2n) is 2.37. The van der Waals surface area contributed by atoms with Gasteiger partial charge in [-0.2, -0.15) is 0 Å². The SMILES string of the molecule is CC(C)N/C(N)=C\C([NH3+])=O. The van der Waals surface area contributed by atoms with Gasteiger partial charge in [0.15, 0.2) is 0 Å². The molecule has 4 heteroatoms. The summed E-state index contributed by atoms with van der Waals surface area (Å²) in [4.78, 5) is 10.3. The average molecular weight is 144 g/mol. The van der Waals surface area contributed by atoms with Gasteiger partial charge in [-0.25, -0.2) is 4.79 Å². The number of nitrogens with two attached hydrogens (primary N) is 1. The summed E-state index contributed by atoms with van der Waals surface area (Å²) in [6.07, 6.45) is 1.26. The molecule has 1 amide bonds. The number of hydrogen-bond donors (Lipinski definition) is 3. The van der Waals surface area contributed by atoms with Crippen LogP contribution in [0.25, 0.3) is 0 Å². The Labute approximate surface area is 60.3 Å². The Balaban J connectivity index is 3.83. The van der Waals surface area contributed by atoms with Crippen LogP contribution in [0, 0.1) is 0 Å². The third-order valence-corrected chi connectivity index (χ3v) is 0.772. The summed E-state index contributed by atoms with van der Waals surface area (Å²) in [6, 6.07) is 0.246. The van der Waals surface area contributed by atoms with Gasteiger partial charge < -0.3 is 11.1 Å². The molecule has 0 fully saturated rings. The minimum absolute atomic E-state index is 0.246. The van der Waals surface area contributed by atoms with Crippen molar-refractivity contribution in [1.29, 1.82) is 0 Å². The number of amides is 1. The summed E-state index contributed by atoms with van der Waals surface area (Å²) in [5.74, 6) is 0.0839. The van der Waals surface area contributed by atoms with Gasteiger partial charge in [0.2, 0.25) is 0 Å². The molecule has 58 valence electrons. The van der Waals surface area contributed by atoms with Crippen molar-refractivity contribution < 1.29 is 10.5 Å². The molecule has 0 saturated heterocycles. The standard InChI is InChI=1S/C6H13N3O/c1-4(2)9-5(7)3-6(8)10/h3-4,9H,7H2,1-2H3,(H2,8,10)/p+1/b5-3-. The first-order chi connectivity index (χ1) is 4.52. The fourth-order valence-electron chi connectivity index (χ4n) is 0.548. The Morgan fingerprint density at radius 2 is 2.20 bits per heavy atom.